The van der Waals surface area contributed by atoms with E-state index in [9.17, 15) is 5.11 Å². The fourth-order valence-electron chi connectivity index (χ4n) is 4.40. The molecule has 2 heterocycles. The van der Waals surface area contributed by atoms with Crippen molar-refractivity contribution in [2.75, 3.05) is 13.2 Å². The minimum atomic E-state index is -0.640. The first-order valence-electron chi connectivity index (χ1n) is 12.2. The highest BCUT2D eigenvalue weighted by Crippen LogP contribution is 2.33. The summed E-state index contributed by atoms with van der Waals surface area (Å²) in [5.74, 6) is 2.10. The van der Waals surface area contributed by atoms with Crippen LogP contribution < -0.4 is 14.8 Å². The zero-order valence-corrected chi connectivity index (χ0v) is 20.6. The smallest absolute Gasteiger partial charge is 0.219 e. The van der Waals surface area contributed by atoms with Crippen molar-refractivity contribution in [2.24, 2.45) is 0 Å². The molecule has 5 aromatic rings. The van der Waals surface area contributed by atoms with Crippen LogP contribution in [0, 0.1) is 0 Å². The second kappa shape index (κ2) is 10.4. The van der Waals surface area contributed by atoms with Crippen LogP contribution in [0.15, 0.2) is 91.1 Å². The predicted octanol–water partition coefficient (Wildman–Crippen LogP) is 5.86. The van der Waals surface area contributed by atoms with Gasteiger partial charge in [-0.15, -0.1) is 0 Å². The van der Waals surface area contributed by atoms with Gasteiger partial charge >= 0.3 is 0 Å². The van der Waals surface area contributed by atoms with Crippen LogP contribution in [0.4, 0.5) is 0 Å². The van der Waals surface area contributed by atoms with Crippen molar-refractivity contribution in [1.82, 2.24) is 15.3 Å². The first-order valence-corrected chi connectivity index (χ1v) is 12.2. The second-order valence-electron chi connectivity index (χ2n) is 9.67. The molecule has 0 bridgehead atoms. The van der Waals surface area contributed by atoms with E-state index in [1.165, 1.54) is 5.56 Å². The third kappa shape index (κ3) is 5.67. The Balaban J connectivity index is 1.14. The molecule has 0 aliphatic heterocycles. The monoisotopic (exact) mass is 481 g/mol. The molecule has 6 nitrogen and oxygen atoms in total. The standard InChI is InChI=1S/C30H31N3O3/c1-30(2,18-21-13-15-23(16-14-21)36-28-12-5-6-17-31-28)32-19-22(34)20-35-27-11-7-10-26-29(27)24-8-3-4-9-25(24)33-26/h3-17,22,32-34H,18-20H2,1-2H3. The van der Waals surface area contributed by atoms with Gasteiger partial charge in [-0.2, -0.15) is 0 Å². The number of ether oxygens (including phenoxy) is 2. The molecule has 3 aromatic carbocycles. The van der Waals surface area contributed by atoms with Gasteiger partial charge in [0.05, 0.1) is 5.52 Å². The number of pyridine rings is 1. The summed E-state index contributed by atoms with van der Waals surface area (Å²) < 4.78 is 11.8. The van der Waals surface area contributed by atoms with E-state index in [2.05, 4.69) is 53.4 Å². The summed E-state index contributed by atoms with van der Waals surface area (Å²) >= 11 is 0. The molecule has 0 saturated carbocycles. The van der Waals surface area contributed by atoms with Crippen LogP contribution in [0.25, 0.3) is 21.8 Å². The maximum absolute atomic E-state index is 10.6. The topological polar surface area (TPSA) is 79.4 Å². The van der Waals surface area contributed by atoms with E-state index in [1.807, 2.05) is 60.7 Å². The number of rotatable bonds is 10. The van der Waals surface area contributed by atoms with Crippen LogP contribution in [-0.4, -0.2) is 39.9 Å². The quantitative estimate of drug-likeness (QED) is 0.233. The summed E-state index contributed by atoms with van der Waals surface area (Å²) in [4.78, 5) is 7.61. The maximum atomic E-state index is 10.6. The molecule has 0 spiro atoms. The van der Waals surface area contributed by atoms with Crippen molar-refractivity contribution in [1.29, 1.82) is 0 Å². The highest BCUT2D eigenvalue weighted by Gasteiger charge is 2.20. The third-order valence-electron chi connectivity index (χ3n) is 6.17. The summed E-state index contributed by atoms with van der Waals surface area (Å²) in [6, 6.07) is 27.7. The van der Waals surface area contributed by atoms with Crippen molar-refractivity contribution < 1.29 is 14.6 Å². The van der Waals surface area contributed by atoms with Gasteiger partial charge in [0.15, 0.2) is 0 Å². The summed E-state index contributed by atoms with van der Waals surface area (Å²) in [6.45, 7) is 4.90. The summed E-state index contributed by atoms with van der Waals surface area (Å²) in [5.41, 5.74) is 3.07. The van der Waals surface area contributed by atoms with Gasteiger partial charge in [0.1, 0.15) is 24.2 Å². The molecule has 1 atom stereocenters. The van der Waals surface area contributed by atoms with Crippen LogP contribution in [0.5, 0.6) is 17.4 Å². The van der Waals surface area contributed by atoms with E-state index in [0.717, 1.165) is 39.7 Å². The second-order valence-corrected chi connectivity index (χ2v) is 9.67. The minimum absolute atomic E-state index is 0.207. The van der Waals surface area contributed by atoms with Gasteiger partial charge in [-0.25, -0.2) is 4.98 Å². The molecule has 0 fully saturated rings. The van der Waals surface area contributed by atoms with E-state index >= 15 is 0 Å². The molecule has 5 rings (SSSR count). The lowest BCUT2D eigenvalue weighted by Crippen LogP contribution is -2.46. The molecular weight excluding hydrogens is 450 g/mol. The van der Waals surface area contributed by atoms with E-state index in [1.54, 1.807) is 6.20 Å². The Morgan fingerprint density at radius 1 is 0.917 bits per heavy atom. The van der Waals surface area contributed by atoms with Gasteiger partial charge < -0.3 is 24.9 Å². The Bertz CT molecular complexity index is 1430. The average molecular weight is 482 g/mol. The molecule has 1 unspecified atom stereocenters. The highest BCUT2D eigenvalue weighted by atomic mass is 16.5. The molecule has 3 N–H and O–H groups in total. The minimum Gasteiger partial charge on any atom is -0.490 e. The SMILES string of the molecule is CC(C)(Cc1ccc(Oc2ccccn2)cc1)NCC(O)COc1cccc2[nH]c3ccccc3c12. The number of aromatic amines is 1. The molecule has 0 aliphatic rings. The summed E-state index contributed by atoms with van der Waals surface area (Å²) in [7, 11) is 0. The van der Waals surface area contributed by atoms with E-state index in [4.69, 9.17) is 9.47 Å². The Hall–Kier alpha value is -3.87. The molecule has 2 aromatic heterocycles. The van der Waals surface area contributed by atoms with Crippen molar-refractivity contribution in [2.45, 2.75) is 31.9 Å². The largest absolute Gasteiger partial charge is 0.490 e. The lowest BCUT2D eigenvalue weighted by Gasteiger charge is -2.28. The third-order valence-corrected chi connectivity index (χ3v) is 6.17. The number of aliphatic hydroxyl groups excluding tert-OH is 1. The molecule has 36 heavy (non-hydrogen) atoms. The van der Waals surface area contributed by atoms with E-state index in [-0.39, 0.29) is 12.1 Å². The molecule has 0 aliphatic carbocycles. The zero-order chi connectivity index (χ0) is 25.0. The number of hydrogen-bond donors (Lipinski definition) is 3. The number of H-pyrrole nitrogens is 1. The number of benzene rings is 3. The fourth-order valence-corrected chi connectivity index (χ4v) is 4.40. The summed E-state index contributed by atoms with van der Waals surface area (Å²) in [6.07, 6.45) is 1.87. The number of β-amino-alcohol motifs (C(OH)–C–C–N with tert-alkyl or cyclic N) is 1. The van der Waals surface area contributed by atoms with Crippen molar-refractivity contribution >= 4 is 21.8 Å². The van der Waals surface area contributed by atoms with Gasteiger partial charge in [0, 0.05) is 40.6 Å². The lowest BCUT2D eigenvalue weighted by molar-refractivity contribution is 0.0996. The molecular formula is C30H31N3O3. The number of para-hydroxylation sites is 1. The molecule has 0 radical (unpaired) electrons. The Labute approximate surface area is 210 Å². The molecule has 0 saturated heterocycles. The van der Waals surface area contributed by atoms with Crippen molar-refractivity contribution in [3.8, 4) is 17.4 Å². The fraction of sp³-hybridized carbons (Fsp3) is 0.233. The Morgan fingerprint density at radius 2 is 1.69 bits per heavy atom. The maximum Gasteiger partial charge on any atom is 0.219 e. The van der Waals surface area contributed by atoms with Gasteiger partial charge in [-0.1, -0.05) is 42.5 Å². The highest BCUT2D eigenvalue weighted by molar-refractivity contribution is 6.10. The Kier molecular flexibility index (Phi) is 6.89. The normalized spacial score (nSPS) is 12.6. The van der Waals surface area contributed by atoms with E-state index in [0.29, 0.717) is 12.4 Å². The summed E-state index contributed by atoms with van der Waals surface area (Å²) in [5, 5.41) is 16.3. The zero-order valence-electron chi connectivity index (χ0n) is 20.6. The van der Waals surface area contributed by atoms with Gasteiger partial charge in [0.2, 0.25) is 5.88 Å². The van der Waals surface area contributed by atoms with E-state index < -0.39 is 6.10 Å². The van der Waals surface area contributed by atoms with Crippen LogP contribution in [0.2, 0.25) is 0 Å². The number of fused-ring (bicyclic) bond motifs is 3. The van der Waals surface area contributed by atoms with Crippen LogP contribution in [0.1, 0.15) is 19.4 Å². The first-order chi connectivity index (χ1) is 17.5. The van der Waals surface area contributed by atoms with Gasteiger partial charge in [-0.3, -0.25) is 0 Å². The van der Waals surface area contributed by atoms with Gasteiger partial charge in [0.25, 0.3) is 0 Å². The average Bonchev–Trinajstić information content (AvgIpc) is 3.27. The number of aromatic nitrogens is 2. The van der Waals surface area contributed by atoms with Gasteiger partial charge in [-0.05, 0) is 62.2 Å². The number of aliphatic hydroxyl groups is 1. The van der Waals surface area contributed by atoms with Crippen molar-refractivity contribution in [3.63, 3.8) is 0 Å². The molecule has 6 heteroatoms. The number of nitrogens with one attached hydrogen (secondary N) is 2. The lowest BCUT2D eigenvalue weighted by atomic mass is 9.94. The van der Waals surface area contributed by atoms with Crippen LogP contribution in [0.3, 0.4) is 0 Å². The molecule has 0 amide bonds. The van der Waals surface area contributed by atoms with Crippen LogP contribution in [-0.2, 0) is 6.42 Å². The van der Waals surface area contributed by atoms with Crippen molar-refractivity contribution in [3.05, 3.63) is 96.7 Å². The number of nitrogens with zero attached hydrogens (tertiary/aromatic N) is 1. The predicted molar refractivity (Wildman–Crippen MR) is 144 cm³/mol. The Morgan fingerprint density at radius 3 is 2.50 bits per heavy atom. The number of hydrogen-bond acceptors (Lipinski definition) is 5. The van der Waals surface area contributed by atoms with Crippen LogP contribution >= 0.6 is 0 Å². The molecule has 184 valence electrons. The first kappa shape index (κ1) is 23.9.